The van der Waals surface area contributed by atoms with Crippen LogP contribution in [0.15, 0.2) is 53.7 Å². The smallest absolute Gasteiger partial charge is 0.230 e. The third-order valence-electron chi connectivity index (χ3n) is 4.30. The summed E-state index contributed by atoms with van der Waals surface area (Å²) < 4.78 is 14.7. The predicted molar refractivity (Wildman–Crippen MR) is 109 cm³/mol. The first-order chi connectivity index (χ1) is 13.5. The molecule has 28 heavy (non-hydrogen) atoms. The first kappa shape index (κ1) is 19.9. The molecule has 0 saturated carbocycles. The molecule has 0 unspecified atom stereocenters. The summed E-state index contributed by atoms with van der Waals surface area (Å²) in [6.45, 7) is 4.06. The third kappa shape index (κ3) is 4.69. The number of thioether (sulfide) groups is 1. The number of rotatable bonds is 7. The van der Waals surface area contributed by atoms with Crippen molar-refractivity contribution >= 4 is 17.7 Å². The van der Waals surface area contributed by atoms with Gasteiger partial charge in [-0.25, -0.2) is 9.07 Å². The van der Waals surface area contributed by atoms with E-state index >= 15 is 0 Å². The molecule has 8 heteroatoms. The number of carbonyl (C=O) groups is 1. The Morgan fingerprint density at radius 3 is 2.68 bits per heavy atom. The van der Waals surface area contributed by atoms with Crippen molar-refractivity contribution < 1.29 is 9.18 Å². The number of aryl methyl sites for hydroxylation is 1. The minimum absolute atomic E-state index is 0.0488. The van der Waals surface area contributed by atoms with E-state index in [0.29, 0.717) is 16.5 Å². The predicted octanol–water partition coefficient (Wildman–Crippen LogP) is 3.47. The topological polar surface area (TPSA) is 85.8 Å². The number of amides is 1. The van der Waals surface area contributed by atoms with Gasteiger partial charge in [-0.15, -0.1) is 10.2 Å². The summed E-state index contributed by atoms with van der Waals surface area (Å²) in [7, 11) is 0. The number of nitrogens with two attached hydrogens (primary N) is 1. The molecule has 3 aromatic rings. The molecule has 146 valence electrons. The number of halogens is 1. The van der Waals surface area contributed by atoms with Gasteiger partial charge in [-0.1, -0.05) is 60.6 Å². The van der Waals surface area contributed by atoms with Crippen molar-refractivity contribution in [2.45, 2.75) is 31.5 Å². The van der Waals surface area contributed by atoms with Gasteiger partial charge in [-0.2, -0.15) is 0 Å². The maximum Gasteiger partial charge on any atom is 0.230 e. The summed E-state index contributed by atoms with van der Waals surface area (Å²) in [5.74, 6) is 6.02. The molecule has 0 fully saturated rings. The van der Waals surface area contributed by atoms with Crippen LogP contribution in [0.25, 0.3) is 11.4 Å². The Kier molecular flexibility index (Phi) is 6.30. The molecule has 0 radical (unpaired) electrons. The number of aromatic nitrogens is 3. The van der Waals surface area contributed by atoms with Crippen LogP contribution in [0.3, 0.4) is 0 Å². The molecule has 6 nitrogen and oxygen atoms in total. The van der Waals surface area contributed by atoms with Crippen molar-refractivity contribution in [3.8, 4) is 11.4 Å². The van der Waals surface area contributed by atoms with Gasteiger partial charge in [0.1, 0.15) is 5.82 Å². The fourth-order valence-corrected chi connectivity index (χ4v) is 3.45. The summed E-state index contributed by atoms with van der Waals surface area (Å²) in [5.41, 5.74) is 2.77. The van der Waals surface area contributed by atoms with E-state index < -0.39 is 0 Å². The maximum atomic E-state index is 13.4. The molecular formula is C20H22FN5OS. The van der Waals surface area contributed by atoms with E-state index in [0.717, 1.165) is 12.0 Å². The van der Waals surface area contributed by atoms with Gasteiger partial charge in [0, 0.05) is 5.56 Å². The van der Waals surface area contributed by atoms with Gasteiger partial charge in [0.2, 0.25) is 11.1 Å². The van der Waals surface area contributed by atoms with Crippen molar-refractivity contribution in [1.82, 2.24) is 20.2 Å². The molecule has 0 aliphatic rings. The Balaban J connectivity index is 1.62. The fourth-order valence-electron chi connectivity index (χ4n) is 2.79. The van der Waals surface area contributed by atoms with E-state index in [9.17, 15) is 9.18 Å². The van der Waals surface area contributed by atoms with Gasteiger partial charge >= 0.3 is 0 Å². The molecule has 1 atom stereocenters. The Bertz CT molecular complexity index is 957. The highest BCUT2D eigenvalue weighted by atomic mass is 32.2. The molecule has 3 N–H and O–H groups in total. The Morgan fingerprint density at radius 2 is 2.00 bits per heavy atom. The number of nitrogens with zero attached hydrogens (tertiary/aromatic N) is 3. The van der Waals surface area contributed by atoms with Gasteiger partial charge in [0.05, 0.1) is 11.8 Å². The molecule has 1 aromatic heterocycles. The molecule has 0 aliphatic heterocycles. The molecule has 0 aliphatic carbocycles. The Morgan fingerprint density at radius 1 is 1.25 bits per heavy atom. The van der Waals surface area contributed by atoms with Crippen LogP contribution in [0, 0.1) is 12.7 Å². The van der Waals surface area contributed by atoms with E-state index in [4.69, 9.17) is 5.84 Å². The lowest BCUT2D eigenvalue weighted by Gasteiger charge is -2.17. The molecule has 0 spiro atoms. The number of benzene rings is 2. The van der Waals surface area contributed by atoms with Crippen LogP contribution < -0.4 is 11.2 Å². The number of nitrogen functional groups attached to an aromatic ring is 1. The minimum atomic E-state index is -0.379. The molecule has 1 amide bonds. The van der Waals surface area contributed by atoms with E-state index in [1.165, 1.54) is 34.1 Å². The summed E-state index contributed by atoms with van der Waals surface area (Å²) in [6.07, 6.45) is 0.788. The lowest BCUT2D eigenvalue weighted by Crippen LogP contribution is -2.29. The first-order valence-electron chi connectivity index (χ1n) is 8.93. The number of carbonyl (C=O) groups excluding carboxylic acids is 1. The van der Waals surface area contributed by atoms with Gasteiger partial charge in [-0.05, 0) is 31.0 Å². The lowest BCUT2D eigenvalue weighted by molar-refractivity contribution is -0.119. The van der Waals surface area contributed by atoms with E-state index in [-0.39, 0.29) is 23.5 Å². The van der Waals surface area contributed by atoms with Crippen LogP contribution in [0.4, 0.5) is 4.39 Å². The standard InChI is InChI=1S/C20H22FN5OS/c1-3-17(14-9-7-13(2)8-10-14)23-18(27)12-28-20-25-24-19(26(20)22)15-5-4-6-16(21)11-15/h4-11,17H,3,12,22H2,1-2H3,(H,23,27)/t17-/m1/s1. The zero-order chi connectivity index (χ0) is 20.1. The molecule has 0 bridgehead atoms. The summed E-state index contributed by atoms with van der Waals surface area (Å²) in [5, 5.41) is 11.4. The molecular weight excluding hydrogens is 377 g/mol. The van der Waals surface area contributed by atoms with Crippen molar-refractivity contribution in [2.75, 3.05) is 11.6 Å². The highest BCUT2D eigenvalue weighted by molar-refractivity contribution is 7.99. The van der Waals surface area contributed by atoms with E-state index in [2.05, 4.69) is 15.5 Å². The highest BCUT2D eigenvalue weighted by Gasteiger charge is 2.16. The van der Waals surface area contributed by atoms with E-state index in [1.807, 2.05) is 38.1 Å². The Labute approximate surface area is 167 Å². The molecule has 1 heterocycles. The first-order valence-corrected chi connectivity index (χ1v) is 9.91. The molecule has 2 aromatic carbocycles. The summed E-state index contributed by atoms with van der Waals surface area (Å²) >= 11 is 1.18. The van der Waals surface area contributed by atoms with Crippen LogP contribution in [0.2, 0.25) is 0 Å². The number of hydrogen-bond donors (Lipinski definition) is 2. The quantitative estimate of drug-likeness (QED) is 0.469. The van der Waals surface area contributed by atoms with Crippen molar-refractivity contribution in [3.63, 3.8) is 0 Å². The van der Waals surface area contributed by atoms with Crippen LogP contribution >= 0.6 is 11.8 Å². The van der Waals surface area contributed by atoms with Gasteiger partial charge in [0.25, 0.3) is 0 Å². The minimum Gasteiger partial charge on any atom is -0.349 e. The average molecular weight is 399 g/mol. The summed E-state index contributed by atoms with van der Waals surface area (Å²) in [4.78, 5) is 12.4. The van der Waals surface area contributed by atoms with Gasteiger partial charge in [0.15, 0.2) is 5.82 Å². The monoisotopic (exact) mass is 399 g/mol. The second kappa shape index (κ2) is 8.88. The average Bonchev–Trinajstić information content (AvgIpc) is 3.06. The number of nitrogens with one attached hydrogen (secondary N) is 1. The molecule has 3 rings (SSSR count). The Hall–Kier alpha value is -2.87. The maximum absolute atomic E-state index is 13.4. The van der Waals surface area contributed by atoms with Crippen molar-refractivity contribution in [2.24, 2.45) is 0 Å². The normalized spacial score (nSPS) is 12.0. The van der Waals surface area contributed by atoms with Crippen LogP contribution in [0.1, 0.15) is 30.5 Å². The fraction of sp³-hybridized carbons (Fsp3) is 0.250. The number of hydrogen-bond acceptors (Lipinski definition) is 5. The lowest BCUT2D eigenvalue weighted by atomic mass is 10.0. The van der Waals surface area contributed by atoms with Crippen LogP contribution in [0.5, 0.6) is 0 Å². The van der Waals surface area contributed by atoms with Crippen LogP contribution in [-0.4, -0.2) is 26.5 Å². The van der Waals surface area contributed by atoms with Crippen molar-refractivity contribution in [3.05, 3.63) is 65.5 Å². The second-order valence-electron chi connectivity index (χ2n) is 6.41. The van der Waals surface area contributed by atoms with Crippen LogP contribution in [-0.2, 0) is 4.79 Å². The molecule has 0 saturated heterocycles. The SMILES string of the molecule is CC[C@@H](NC(=O)CSc1nnc(-c2cccc(F)c2)n1N)c1ccc(C)cc1. The van der Waals surface area contributed by atoms with Gasteiger partial charge < -0.3 is 11.2 Å². The largest absolute Gasteiger partial charge is 0.349 e. The highest BCUT2D eigenvalue weighted by Crippen LogP contribution is 2.23. The zero-order valence-electron chi connectivity index (χ0n) is 15.7. The van der Waals surface area contributed by atoms with E-state index in [1.54, 1.807) is 12.1 Å². The van der Waals surface area contributed by atoms with Gasteiger partial charge in [-0.3, -0.25) is 4.79 Å². The third-order valence-corrected chi connectivity index (χ3v) is 5.25. The van der Waals surface area contributed by atoms with Crippen molar-refractivity contribution in [1.29, 1.82) is 0 Å². The second-order valence-corrected chi connectivity index (χ2v) is 7.36. The zero-order valence-corrected chi connectivity index (χ0v) is 16.5. The summed E-state index contributed by atoms with van der Waals surface area (Å²) in [6, 6.07) is 14.0.